The van der Waals surface area contributed by atoms with Crippen LogP contribution in [-0.4, -0.2) is 10.6 Å². The lowest BCUT2D eigenvalue weighted by Crippen LogP contribution is -2.18. The summed E-state index contributed by atoms with van der Waals surface area (Å²) < 4.78 is 6.23. The van der Waals surface area contributed by atoms with Crippen LogP contribution in [0.1, 0.15) is 6.42 Å². The van der Waals surface area contributed by atoms with Crippen LogP contribution in [0.2, 0.25) is 0 Å². The van der Waals surface area contributed by atoms with Crippen LogP contribution in [0.3, 0.4) is 0 Å². The van der Waals surface area contributed by atoms with E-state index in [1.807, 2.05) is 6.07 Å². The van der Waals surface area contributed by atoms with Crippen molar-refractivity contribution in [2.75, 3.05) is 0 Å². The van der Waals surface area contributed by atoms with E-state index in [1.165, 1.54) is 10.7 Å². The predicted octanol–water partition coefficient (Wildman–Crippen LogP) is 1.18. The van der Waals surface area contributed by atoms with Gasteiger partial charge >= 0.3 is 0 Å². The van der Waals surface area contributed by atoms with E-state index in [9.17, 15) is 0 Å². The number of hydrogen-bond acceptors (Lipinski definition) is 3. The molecule has 0 spiro atoms. The zero-order chi connectivity index (χ0) is 6.69. The van der Waals surface area contributed by atoms with E-state index in [4.69, 9.17) is 21.8 Å². The molecule has 1 rings (SSSR count). The molecule has 3 nitrogen and oxygen atoms in total. The monoisotopic (exact) mass is 144 g/mol. The summed E-state index contributed by atoms with van der Waals surface area (Å²) in [7, 11) is 0. The summed E-state index contributed by atoms with van der Waals surface area (Å²) in [6.07, 6.45) is 3.03. The van der Waals surface area contributed by atoms with Gasteiger partial charge in [0.25, 0.3) is 0 Å². The summed E-state index contributed by atoms with van der Waals surface area (Å²) in [4.78, 5) is 0. The van der Waals surface area contributed by atoms with Crippen LogP contribution >= 0.6 is 11.8 Å². The Bertz CT molecular complexity index is 163. The van der Waals surface area contributed by atoms with Crippen molar-refractivity contribution in [1.29, 1.82) is 5.26 Å². The molecule has 0 aromatic heterocycles. The number of hydrogen-bond donors (Lipinski definition) is 0. The molecule has 9 heavy (non-hydrogen) atoms. The van der Waals surface area contributed by atoms with Gasteiger partial charge in [0.05, 0.1) is 18.7 Å². The molecule has 0 radical (unpaired) electrons. The highest BCUT2D eigenvalue weighted by Gasteiger charge is 2.17. The lowest BCUT2D eigenvalue weighted by Gasteiger charge is -2.12. The lowest BCUT2D eigenvalue weighted by molar-refractivity contribution is 0.109. The summed E-state index contributed by atoms with van der Waals surface area (Å²) in [5, 5.41) is 8.20. The average Bonchev–Trinajstić information content (AvgIpc) is 2.18. The van der Waals surface area contributed by atoms with E-state index < -0.39 is 0 Å². The second kappa shape index (κ2) is 2.60. The van der Waals surface area contributed by atoms with Gasteiger partial charge in [0.15, 0.2) is 6.23 Å². The van der Waals surface area contributed by atoms with Gasteiger partial charge in [-0.1, -0.05) is 0 Å². The topological polar surface area (TPSA) is 36.3 Å². The third-order valence-corrected chi connectivity index (χ3v) is 1.31. The number of nitrogens with zero attached hydrogens (tertiary/aromatic N) is 2. The van der Waals surface area contributed by atoms with E-state index in [-0.39, 0.29) is 12.6 Å². The van der Waals surface area contributed by atoms with Gasteiger partial charge in [-0.05, 0) is 0 Å². The Morgan fingerprint density at radius 1 is 1.89 bits per heavy atom. The fourth-order valence-corrected chi connectivity index (χ4v) is 0.713. The van der Waals surface area contributed by atoms with Gasteiger partial charge in [-0.25, -0.2) is 0 Å². The van der Waals surface area contributed by atoms with Gasteiger partial charge in [0.1, 0.15) is 6.26 Å². The van der Waals surface area contributed by atoms with Crippen LogP contribution in [0.5, 0.6) is 0 Å². The molecule has 1 unspecified atom stereocenters. The van der Waals surface area contributed by atoms with Gasteiger partial charge in [-0.3, -0.25) is 4.42 Å². The first kappa shape index (κ1) is 6.24. The van der Waals surface area contributed by atoms with Gasteiger partial charge in [0.2, 0.25) is 0 Å². The average molecular weight is 145 g/mol. The molecule has 0 aromatic rings. The molecule has 0 saturated carbocycles. The fraction of sp³-hybridized carbons (Fsp3) is 0.400. The van der Waals surface area contributed by atoms with Gasteiger partial charge in [0, 0.05) is 11.8 Å². The van der Waals surface area contributed by atoms with E-state index in [1.54, 1.807) is 6.20 Å². The van der Waals surface area contributed by atoms with Crippen LogP contribution in [0.25, 0.3) is 0 Å². The Hall–Kier alpha value is -0.880. The maximum atomic E-state index is 8.20. The minimum absolute atomic E-state index is 0.288. The number of halogens is 1. The smallest absolute Gasteiger partial charge is 0.197 e. The molecule has 0 aromatic carbocycles. The van der Waals surface area contributed by atoms with Crippen LogP contribution in [-0.2, 0) is 4.74 Å². The molecule has 0 N–H and O–H groups in total. The maximum Gasteiger partial charge on any atom is 0.197 e. The van der Waals surface area contributed by atoms with E-state index in [2.05, 4.69) is 0 Å². The molecule has 1 aliphatic rings. The van der Waals surface area contributed by atoms with Crippen molar-refractivity contribution in [3.05, 3.63) is 12.5 Å². The van der Waals surface area contributed by atoms with Crippen molar-refractivity contribution < 1.29 is 4.74 Å². The van der Waals surface area contributed by atoms with Gasteiger partial charge < -0.3 is 4.74 Å². The van der Waals surface area contributed by atoms with Crippen molar-refractivity contribution in [2.45, 2.75) is 12.6 Å². The highest BCUT2D eigenvalue weighted by atomic mass is 35.5. The molecule has 0 bridgehead atoms. The maximum absolute atomic E-state index is 8.20. The number of nitriles is 1. The quantitative estimate of drug-likeness (QED) is 0.519. The summed E-state index contributed by atoms with van der Waals surface area (Å²) >= 11 is 5.53. The zero-order valence-electron chi connectivity index (χ0n) is 4.62. The first-order valence-electron chi connectivity index (χ1n) is 2.48. The molecule has 0 saturated heterocycles. The SMILES string of the molecule is N#CCC1OC=CN1Cl. The van der Waals surface area contributed by atoms with Crippen LogP contribution in [0.4, 0.5) is 0 Å². The molecule has 0 aliphatic carbocycles. The van der Waals surface area contributed by atoms with Crippen LogP contribution < -0.4 is 0 Å². The van der Waals surface area contributed by atoms with E-state index in [0.717, 1.165) is 0 Å². The van der Waals surface area contributed by atoms with Gasteiger partial charge in [-0.2, -0.15) is 5.26 Å². The first-order valence-corrected chi connectivity index (χ1v) is 2.81. The number of ether oxygens (including phenoxy) is 1. The lowest BCUT2D eigenvalue weighted by atomic mass is 10.4. The first-order chi connectivity index (χ1) is 4.34. The molecule has 1 heterocycles. The molecule has 48 valence electrons. The summed E-state index contributed by atoms with van der Waals surface area (Å²) in [6, 6.07) is 1.95. The Labute approximate surface area is 58.2 Å². The van der Waals surface area contributed by atoms with E-state index >= 15 is 0 Å². The zero-order valence-corrected chi connectivity index (χ0v) is 5.38. The third kappa shape index (κ3) is 1.27. The largest absolute Gasteiger partial charge is 0.474 e. The Kier molecular flexibility index (Phi) is 1.81. The minimum Gasteiger partial charge on any atom is -0.474 e. The predicted molar refractivity (Wildman–Crippen MR) is 31.9 cm³/mol. The highest BCUT2D eigenvalue weighted by Crippen LogP contribution is 2.15. The standard InChI is InChI=1S/C5H5ClN2O/c6-8-3-4-9-5(8)1-2-7/h3-5H,1H2. The Balaban J connectivity index is 2.38. The van der Waals surface area contributed by atoms with Crippen molar-refractivity contribution >= 4 is 11.8 Å². The highest BCUT2D eigenvalue weighted by molar-refractivity contribution is 6.14. The molecule has 4 heteroatoms. The molecule has 1 aliphatic heterocycles. The second-order valence-electron chi connectivity index (χ2n) is 1.58. The number of rotatable bonds is 1. The van der Waals surface area contributed by atoms with E-state index in [0.29, 0.717) is 0 Å². The summed E-state index contributed by atoms with van der Waals surface area (Å²) in [5.41, 5.74) is 0. The molecule has 1 atom stereocenters. The molecule has 0 amide bonds. The summed E-state index contributed by atoms with van der Waals surface area (Å²) in [6.45, 7) is 0. The van der Waals surface area contributed by atoms with Crippen molar-refractivity contribution in [1.82, 2.24) is 4.42 Å². The van der Waals surface area contributed by atoms with Crippen molar-refractivity contribution in [3.8, 4) is 6.07 Å². The minimum atomic E-state index is -0.295. The fourth-order valence-electron chi connectivity index (χ4n) is 0.552. The van der Waals surface area contributed by atoms with Crippen molar-refractivity contribution in [3.63, 3.8) is 0 Å². The summed E-state index contributed by atoms with van der Waals surface area (Å²) in [5.74, 6) is 0. The Morgan fingerprint density at radius 3 is 3.11 bits per heavy atom. The second-order valence-corrected chi connectivity index (χ2v) is 1.97. The molecular formula is C5H5ClN2O. The van der Waals surface area contributed by atoms with Crippen LogP contribution in [0, 0.1) is 11.3 Å². The molecule has 0 fully saturated rings. The molecular weight excluding hydrogens is 140 g/mol. The van der Waals surface area contributed by atoms with Gasteiger partial charge in [-0.15, -0.1) is 0 Å². The van der Waals surface area contributed by atoms with Crippen LogP contribution in [0.15, 0.2) is 12.5 Å². The third-order valence-electron chi connectivity index (χ3n) is 0.980. The van der Waals surface area contributed by atoms with Crippen molar-refractivity contribution in [2.24, 2.45) is 0 Å². The normalized spacial score (nSPS) is 23.6. The Morgan fingerprint density at radius 2 is 2.67 bits per heavy atom.